The highest BCUT2D eigenvalue weighted by Crippen LogP contribution is 2.24. The van der Waals surface area contributed by atoms with Crippen molar-refractivity contribution in [1.82, 2.24) is 20.0 Å². The number of carbonyl (C=O) groups is 1. The fourth-order valence-electron chi connectivity index (χ4n) is 3.64. The summed E-state index contributed by atoms with van der Waals surface area (Å²) >= 11 is 0. The Morgan fingerprint density at radius 3 is 2.77 bits per heavy atom. The van der Waals surface area contributed by atoms with Gasteiger partial charge >= 0.3 is 0 Å². The number of amides is 1. The zero-order chi connectivity index (χ0) is 20.9. The summed E-state index contributed by atoms with van der Waals surface area (Å²) in [4.78, 5) is 15.4. The highest BCUT2D eigenvalue weighted by atomic mass is 16.5. The van der Waals surface area contributed by atoms with Crippen molar-refractivity contribution in [3.8, 4) is 17.1 Å². The molecular formula is C23H28N4O3. The monoisotopic (exact) mass is 408 g/mol. The van der Waals surface area contributed by atoms with Crippen LogP contribution in [0.15, 0.2) is 47.1 Å². The van der Waals surface area contributed by atoms with E-state index in [4.69, 9.17) is 9.15 Å². The summed E-state index contributed by atoms with van der Waals surface area (Å²) in [5, 5.41) is 7.74. The molecule has 1 N–H and O–H groups in total. The number of nitrogens with one attached hydrogen (secondary N) is 1. The van der Waals surface area contributed by atoms with Crippen LogP contribution in [0.4, 0.5) is 0 Å². The molecule has 1 fully saturated rings. The lowest BCUT2D eigenvalue weighted by atomic mass is 10.1. The number of benzene rings is 1. The molecule has 4 rings (SSSR count). The van der Waals surface area contributed by atoms with Crippen molar-refractivity contribution >= 4 is 5.91 Å². The van der Waals surface area contributed by atoms with Crippen LogP contribution < -0.4 is 5.32 Å². The van der Waals surface area contributed by atoms with E-state index in [2.05, 4.69) is 21.4 Å². The molecule has 3 heterocycles. The quantitative estimate of drug-likeness (QED) is 0.608. The molecule has 0 saturated carbocycles. The molecule has 3 aromatic rings. The van der Waals surface area contributed by atoms with Gasteiger partial charge in [-0.25, -0.2) is 4.68 Å². The van der Waals surface area contributed by atoms with Crippen LogP contribution in [-0.2, 0) is 4.74 Å². The summed E-state index contributed by atoms with van der Waals surface area (Å²) in [5.41, 5.74) is 4.20. The molecule has 0 unspecified atom stereocenters. The fraction of sp³-hybridized carbons (Fsp3) is 0.391. The van der Waals surface area contributed by atoms with Gasteiger partial charge in [-0.1, -0.05) is 12.1 Å². The largest absolute Gasteiger partial charge is 0.463 e. The summed E-state index contributed by atoms with van der Waals surface area (Å²) in [6.07, 6.45) is 2.51. The van der Waals surface area contributed by atoms with Gasteiger partial charge in [0.25, 0.3) is 5.91 Å². The van der Waals surface area contributed by atoms with Gasteiger partial charge in [0, 0.05) is 25.7 Å². The van der Waals surface area contributed by atoms with E-state index in [9.17, 15) is 4.79 Å². The number of ether oxygens (including phenoxy) is 1. The van der Waals surface area contributed by atoms with Gasteiger partial charge in [-0.3, -0.25) is 9.69 Å². The second-order valence-electron chi connectivity index (χ2n) is 7.66. The maximum absolute atomic E-state index is 13.0. The molecule has 1 aliphatic rings. The standard InChI is InChI=1S/C23H28N4O3/c1-17-6-7-18(2)20(15-17)27-21(16-19(25-27)22-5-3-12-30-22)23(28)24-8-4-9-26-10-13-29-14-11-26/h3,5-7,12,15-16H,4,8-11,13-14H2,1-2H3,(H,24,28). The van der Waals surface area contributed by atoms with Crippen molar-refractivity contribution in [3.63, 3.8) is 0 Å². The molecule has 0 spiro atoms. The van der Waals surface area contributed by atoms with Crippen molar-refractivity contribution in [2.45, 2.75) is 20.3 Å². The molecule has 158 valence electrons. The Hall–Kier alpha value is -2.90. The van der Waals surface area contributed by atoms with E-state index in [1.54, 1.807) is 17.0 Å². The number of aryl methyl sites for hydroxylation is 2. The molecule has 0 atom stereocenters. The maximum atomic E-state index is 13.0. The van der Waals surface area contributed by atoms with E-state index in [-0.39, 0.29) is 5.91 Å². The molecule has 7 nitrogen and oxygen atoms in total. The maximum Gasteiger partial charge on any atom is 0.270 e. The van der Waals surface area contributed by atoms with Crippen molar-refractivity contribution in [2.75, 3.05) is 39.4 Å². The highest BCUT2D eigenvalue weighted by Gasteiger charge is 2.20. The number of rotatable bonds is 7. The predicted molar refractivity (Wildman–Crippen MR) is 115 cm³/mol. The average molecular weight is 409 g/mol. The summed E-state index contributed by atoms with van der Waals surface area (Å²) < 4.78 is 12.6. The molecule has 1 aliphatic heterocycles. The number of hydrogen-bond donors (Lipinski definition) is 1. The van der Waals surface area contributed by atoms with E-state index in [1.165, 1.54) is 0 Å². The zero-order valence-electron chi connectivity index (χ0n) is 17.6. The SMILES string of the molecule is Cc1ccc(C)c(-n2nc(-c3ccco3)cc2C(=O)NCCCN2CCOCC2)c1. The Labute approximate surface area is 176 Å². The van der Waals surface area contributed by atoms with Crippen molar-refractivity contribution in [3.05, 3.63) is 59.5 Å². The number of aromatic nitrogens is 2. The molecule has 1 aromatic carbocycles. The minimum absolute atomic E-state index is 0.136. The molecular weight excluding hydrogens is 380 g/mol. The topological polar surface area (TPSA) is 72.5 Å². The first kappa shape index (κ1) is 20.4. The van der Waals surface area contributed by atoms with E-state index >= 15 is 0 Å². The van der Waals surface area contributed by atoms with Gasteiger partial charge in [-0.2, -0.15) is 5.10 Å². The third-order valence-corrected chi connectivity index (χ3v) is 5.35. The average Bonchev–Trinajstić information content (AvgIpc) is 3.43. The number of hydrogen-bond acceptors (Lipinski definition) is 5. The Morgan fingerprint density at radius 2 is 2.00 bits per heavy atom. The lowest BCUT2D eigenvalue weighted by Gasteiger charge is -2.26. The van der Waals surface area contributed by atoms with Crippen LogP contribution in [0.5, 0.6) is 0 Å². The van der Waals surface area contributed by atoms with Crippen molar-refractivity contribution < 1.29 is 13.9 Å². The first-order valence-electron chi connectivity index (χ1n) is 10.4. The van der Waals surface area contributed by atoms with Gasteiger partial charge in [-0.05, 0) is 56.1 Å². The van der Waals surface area contributed by atoms with Crippen LogP contribution in [-0.4, -0.2) is 60.0 Å². The van der Waals surface area contributed by atoms with E-state index in [1.807, 2.05) is 38.1 Å². The van der Waals surface area contributed by atoms with Gasteiger partial charge in [0.1, 0.15) is 11.4 Å². The first-order valence-corrected chi connectivity index (χ1v) is 10.4. The summed E-state index contributed by atoms with van der Waals surface area (Å²) in [7, 11) is 0. The van der Waals surface area contributed by atoms with E-state index in [0.29, 0.717) is 23.7 Å². The third-order valence-electron chi connectivity index (χ3n) is 5.35. The van der Waals surface area contributed by atoms with Gasteiger partial charge in [0.15, 0.2) is 5.76 Å². The molecule has 7 heteroatoms. The van der Waals surface area contributed by atoms with Crippen LogP contribution in [0, 0.1) is 13.8 Å². The van der Waals surface area contributed by atoms with Crippen LogP contribution in [0.3, 0.4) is 0 Å². The smallest absolute Gasteiger partial charge is 0.270 e. The highest BCUT2D eigenvalue weighted by molar-refractivity contribution is 5.94. The Kier molecular flexibility index (Phi) is 6.30. The molecule has 0 bridgehead atoms. The lowest BCUT2D eigenvalue weighted by molar-refractivity contribution is 0.0374. The molecule has 2 aromatic heterocycles. The van der Waals surface area contributed by atoms with Crippen LogP contribution in [0.25, 0.3) is 17.1 Å². The predicted octanol–water partition coefficient (Wildman–Crippen LogP) is 3.20. The Balaban J connectivity index is 1.52. The van der Waals surface area contributed by atoms with Gasteiger partial charge < -0.3 is 14.5 Å². The summed E-state index contributed by atoms with van der Waals surface area (Å²) in [5.74, 6) is 0.503. The van der Waals surface area contributed by atoms with Crippen LogP contribution in [0.1, 0.15) is 28.0 Å². The zero-order valence-corrected chi connectivity index (χ0v) is 17.6. The molecule has 1 saturated heterocycles. The van der Waals surface area contributed by atoms with Crippen LogP contribution in [0.2, 0.25) is 0 Å². The number of morpholine rings is 1. The van der Waals surface area contributed by atoms with Gasteiger partial charge in [-0.15, -0.1) is 0 Å². The van der Waals surface area contributed by atoms with Gasteiger partial charge in [0.05, 0.1) is 25.2 Å². The Bertz CT molecular complexity index is 988. The van der Waals surface area contributed by atoms with Crippen LogP contribution >= 0.6 is 0 Å². The Morgan fingerprint density at radius 1 is 1.17 bits per heavy atom. The number of carbonyl (C=O) groups excluding carboxylic acids is 1. The summed E-state index contributed by atoms with van der Waals surface area (Å²) in [6.45, 7) is 9.12. The third kappa shape index (κ3) is 4.63. The molecule has 1 amide bonds. The lowest BCUT2D eigenvalue weighted by Crippen LogP contribution is -2.38. The second kappa shape index (κ2) is 9.28. The number of nitrogens with zero attached hydrogens (tertiary/aromatic N) is 3. The molecule has 30 heavy (non-hydrogen) atoms. The normalized spacial score (nSPS) is 14.7. The molecule has 0 aliphatic carbocycles. The van der Waals surface area contributed by atoms with Crippen molar-refractivity contribution in [2.24, 2.45) is 0 Å². The summed E-state index contributed by atoms with van der Waals surface area (Å²) in [6, 6.07) is 11.6. The minimum Gasteiger partial charge on any atom is -0.463 e. The minimum atomic E-state index is -0.136. The van der Waals surface area contributed by atoms with E-state index in [0.717, 1.165) is 56.1 Å². The number of furan rings is 1. The fourth-order valence-corrected chi connectivity index (χ4v) is 3.64. The van der Waals surface area contributed by atoms with E-state index < -0.39 is 0 Å². The first-order chi connectivity index (χ1) is 14.6. The molecule has 0 radical (unpaired) electrons. The van der Waals surface area contributed by atoms with Gasteiger partial charge in [0.2, 0.25) is 0 Å². The second-order valence-corrected chi connectivity index (χ2v) is 7.66. The van der Waals surface area contributed by atoms with Crippen molar-refractivity contribution in [1.29, 1.82) is 0 Å².